The summed E-state index contributed by atoms with van der Waals surface area (Å²) in [7, 11) is 1.62. The molecule has 98 valence electrons. The van der Waals surface area contributed by atoms with Crippen molar-refractivity contribution in [2.45, 2.75) is 39.7 Å². The highest BCUT2D eigenvalue weighted by Gasteiger charge is 2.18. The number of carbonyl (C=O) groups excluding carboxylic acids is 1. The molecule has 1 N–H and O–H groups in total. The molecule has 0 aliphatic heterocycles. The van der Waals surface area contributed by atoms with Crippen LogP contribution in [0.3, 0.4) is 0 Å². The van der Waals surface area contributed by atoms with Gasteiger partial charge >= 0.3 is 12.1 Å². The third kappa shape index (κ3) is 7.38. The minimum Gasteiger partial charge on any atom is -0.478 e. The van der Waals surface area contributed by atoms with Crippen LogP contribution in [0, 0.1) is 0 Å². The third-order valence-corrected chi connectivity index (χ3v) is 1.96. The Labute approximate surface area is 102 Å². The van der Waals surface area contributed by atoms with E-state index in [9.17, 15) is 9.59 Å². The summed E-state index contributed by atoms with van der Waals surface area (Å²) in [4.78, 5) is 23.5. The van der Waals surface area contributed by atoms with Gasteiger partial charge in [-0.05, 0) is 34.1 Å². The van der Waals surface area contributed by atoms with Crippen molar-refractivity contribution < 1.29 is 19.4 Å². The molecule has 0 rings (SSSR count). The Morgan fingerprint density at radius 2 is 1.88 bits per heavy atom. The van der Waals surface area contributed by atoms with Crippen LogP contribution in [0.2, 0.25) is 0 Å². The zero-order chi connectivity index (χ0) is 13.6. The summed E-state index contributed by atoms with van der Waals surface area (Å²) in [5, 5.41) is 8.64. The fourth-order valence-corrected chi connectivity index (χ4v) is 0.993. The Morgan fingerprint density at radius 3 is 2.29 bits per heavy atom. The van der Waals surface area contributed by atoms with Gasteiger partial charge in [-0.3, -0.25) is 0 Å². The number of carbonyl (C=O) groups is 2. The first-order valence-corrected chi connectivity index (χ1v) is 5.47. The summed E-state index contributed by atoms with van der Waals surface area (Å²) < 4.78 is 5.15. The van der Waals surface area contributed by atoms with Gasteiger partial charge in [0, 0.05) is 19.2 Å². The highest BCUT2D eigenvalue weighted by Crippen LogP contribution is 2.09. The van der Waals surface area contributed by atoms with Gasteiger partial charge in [-0.15, -0.1) is 0 Å². The van der Waals surface area contributed by atoms with E-state index in [0.29, 0.717) is 13.0 Å². The SMILES string of the molecule is CC(=CCCN(C)C(=O)OC(C)(C)C)C(=O)O. The van der Waals surface area contributed by atoms with Crippen LogP contribution in [-0.2, 0) is 9.53 Å². The van der Waals surface area contributed by atoms with Crippen LogP contribution in [0.1, 0.15) is 34.1 Å². The Hall–Kier alpha value is -1.52. The van der Waals surface area contributed by atoms with Crippen molar-refractivity contribution in [1.29, 1.82) is 0 Å². The van der Waals surface area contributed by atoms with Crippen LogP contribution in [0.4, 0.5) is 4.79 Å². The molecule has 17 heavy (non-hydrogen) atoms. The number of rotatable bonds is 4. The average Bonchev–Trinajstić information content (AvgIpc) is 2.14. The summed E-state index contributed by atoms with van der Waals surface area (Å²) in [5.74, 6) is -0.940. The molecule has 0 bridgehead atoms. The normalized spacial score (nSPS) is 12.2. The minimum absolute atomic E-state index is 0.280. The maximum absolute atomic E-state index is 11.5. The Kier molecular flexibility index (Phi) is 5.71. The van der Waals surface area contributed by atoms with Gasteiger partial charge in [0.1, 0.15) is 5.60 Å². The van der Waals surface area contributed by atoms with Gasteiger partial charge in [0.25, 0.3) is 0 Å². The van der Waals surface area contributed by atoms with E-state index in [4.69, 9.17) is 9.84 Å². The van der Waals surface area contributed by atoms with Crippen molar-refractivity contribution in [2.24, 2.45) is 0 Å². The summed E-state index contributed by atoms with van der Waals surface area (Å²) in [6.07, 6.45) is 1.68. The topological polar surface area (TPSA) is 66.8 Å². The van der Waals surface area contributed by atoms with Crippen LogP contribution >= 0.6 is 0 Å². The van der Waals surface area contributed by atoms with Crippen molar-refractivity contribution in [3.63, 3.8) is 0 Å². The number of ether oxygens (including phenoxy) is 1. The number of aliphatic carboxylic acids is 1. The first-order valence-electron chi connectivity index (χ1n) is 5.47. The Bertz CT molecular complexity index is 315. The second-order valence-electron chi connectivity index (χ2n) is 4.88. The molecule has 0 spiro atoms. The number of amides is 1. The lowest BCUT2D eigenvalue weighted by Crippen LogP contribution is -2.34. The summed E-state index contributed by atoms with van der Waals surface area (Å²) in [6.45, 7) is 7.35. The van der Waals surface area contributed by atoms with Gasteiger partial charge in [-0.25, -0.2) is 9.59 Å². The molecule has 0 aliphatic rings. The Morgan fingerprint density at radius 1 is 1.35 bits per heavy atom. The lowest BCUT2D eigenvalue weighted by atomic mass is 10.2. The first-order chi connectivity index (χ1) is 7.63. The third-order valence-electron chi connectivity index (χ3n) is 1.96. The van der Waals surface area contributed by atoms with E-state index in [1.54, 1.807) is 33.9 Å². The van der Waals surface area contributed by atoms with E-state index < -0.39 is 17.7 Å². The highest BCUT2D eigenvalue weighted by molar-refractivity contribution is 5.85. The maximum Gasteiger partial charge on any atom is 0.410 e. The number of carboxylic acids is 1. The Balaban J connectivity index is 4.11. The van der Waals surface area contributed by atoms with Crippen molar-refractivity contribution in [1.82, 2.24) is 4.90 Å². The van der Waals surface area contributed by atoms with Crippen LogP contribution < -0.4 is 0 Å². The van der Waals surface area contributed by atoms with E-state index in [1.165, 1.54) is 11.8 Å². The average molecular weight is 243 g/mol. The predicted molar refractivity (Wildman–Crippen MR) is 64.9 cm³/mol. The maximum atomic E-state index is 11.5. The molecule has 0 aromatic heterocycles. The largest absolute Gasteiger partial charge is 0.478 e. The molecule has 1 amide bonds. The van der Waals surface area contributed by atoms with E-state index in [1.807, 2.05) is 0 Å². The van der Waals surface area contributed by atoms with Crippen LogP contribution in [0.5, 0.6) is 0 Å². The molecule has 0 saturated carbocycles. The molecular formula is C12H21NO4. The molecular weight excluding hydrogens is 222 g/mol. The zero-order valence-corrected chi connectivity index (χ0v) is 11.1. The summed E-state index contributed by atoms with van der Waals surface area (Å²) >= 11 is 0. The van der Waals surface area contributed by atoms with Crippen molar-refractivity contribution >= 4 is 12.1 Å². The monoisotopic (exact) mass is 243 g/mol. The molecule has 0 aliphatic carbocycles. The number of hydrogen-bond acceptors (Lipinski definition) is 3. The molecule has 0 unspecified atom stereocenters. The smallest absolute Gasteiger partial charge is 0.410 e. The molecule has 0 radical (unpaired) electrons. The first kappa shape index (κ1) is 15.5. The number of hydrogen-bond donors (Lipinski definition) is 1. The molecule has 0 aromatic carbocycles. The van der Waals surface area contributed by atoms with Gasteiger partial charge in [0.05, 0.1) is 0 Å². The second kappa shape index (κ2) is 6.27. The van der Waals surface area contributed by atoms with Crippen molar-refractivity contribution in [3.05, 3.63) is 11.6 Å². The fourth-order valence-electron chi connectivity index (χ4n) is 0.993. The van der Waals surface area contributed by atoms with E-state index in [2.05, 4.69) is 0 Å². The van der Waals surface area contributed by atoms with Crippen molar-refractivity contribution in [2.75, 3.05) is 13.6 Å². The van der Waals surface area contributed by atoms with Crippen LogP contribution in [0.15, 0.2) is 11.6 Å². The highest BCUT2D eigenvalue weighted by atomic mass is 16.6. The van der Waals surface area contributed by atoms with E-state index in [0.717, 1.165) is 0 Å². The van der Waals surface area contributed by atoms with Gasteiger partial charge in [-0.1, -0.05) is 6.08 Å². The molecule has 0 heterocycles. The van der Waals surface area contributed by atoms with E-state index in [-0.39, 0.29) is 5.57 Å². The molecule has 0 fully saturated rings. The van der Waals surface area contributed by atoms with Gasteiger partial charge < -0.3 is 14.7 Å². The summed E-state index contributed by atoms with van der Waals surface area (Å²) in [5.41, 5.74) is -0.236. The molecule has 0 aromatic rings. The molecule has 0 atom stereocenters. The van der Waals surface area contributed by atoms with E-state index >= 15 is 0 Å². The lowest BCUT2D eigenvalue weighted by molar-refractivity contribution is -0.132. The number of carboxylic acid groups (broad SMARTS) is 1. The van der Waals surface area contributed by atoms with Crippen LogP contribution in [-0.4, -0.2) is 41.3 Å². The zero-order valence-electron chi connectivity index (χ0n) is 11.1. The van der Waals surface area contributed by atoms with Crippen LogP contribution in [0.25, 0.3) is 0 Å². The molecule has 5 nitrogen and oxygen atoms in total. The quantitative estimate of drug-likeness (QED) is 0.769. The summed E-state index contributed by atoms with van der Waals surface area (Å²) in [6, 6.07) is 0. The second-order valence-corrected chi connectivity index (χ2v) is 4.88. The van der Waals surface area contributed by atoms with Gasteiger partial charge in [0.2, 0.25) is 0 Å². The fraction of sp³-hybridized carbons (Fsp3) is 0.667. The minimum atomic E-state index is -0.940. The standard InChI is InChI=1S/C12H21NO4/c1-9(10(14)15)7-6-8-13(5)11(16)17-12(2,3)4/h7H,6,8H2,1-5H3,(H,14,15). The predicted octanol–water partition coefficient (Wildman–Crippen LogP) is 2.27. The van der Waals surface area contributed by atoms with Gasteiger partial charge in [0.15, 0.2) is 0 Å². The lowest BCUT2D eigenvalue weighted by Gasteiger charge is -2.24. The number of nitrogens with zero attached hydrogens (tertiary/aromatic N) is 1. The van der Waals surface area contributed by atoms with Crippen molar-refractivity contribution in [3.8, 4) is 0 Å². The van der Waals surface area contributed by atoms with Gasteiger partial charge in [-0.2, -0.15) is 0 Å². The molecule has 5 heteroatoms. The molecule has 0 saturated heterocycles.